The summed E-state index contributed by atoms with van der Waals surface area (Å²) in [5.74, 6) is 0.971. The molecule has 1 aliphatic carbocycles. The lowest BCUT2D eigenvalue weighted by atomic mass is 9.84. The van der Waals surface area contributed by atoms with Gasteiger partial charge in [-0.25, -0.2) is 0 Å². The molecule has 1 unspecified atom stereocenters. The quantitative estimate of drug-likeness (QED) is 0.857. The van der Waals surface area contributed by atoms with Crippen molar-refractivity contribution in [2.45, 2.75) is 58.0 Å². The predicted molar refractivity (Wildman–Crippen MR) is 88.4 cm³/mol. The van der Waals surface area contributed by atoms with E-state index in [1.807, 2.05) is 7.05 Å². The largest absolute Gasteiger partial charge is 0.372 e. The SMILES string of the molecule is CCC1CCC(N(C)c2ccc(C(C)NC)cc2)CC1. The van der Waals surface area contributed by atoms with E-state index in [1.165, 1.54) is 43.4 Å². The summed E-state index contributed by atoms with van der Waals surface area (Å²) in [6.07, 6.45) is 6.86. The fourth-order valence-electron chi connectivity index (χ4n) is 3.32. The van der Waals surface area contributed by atoms with E-state index in [2.05, 4.69) is 55.4 Å². The fraction of sp³-hybridized carbons (Fsp3) is 0.667. The van der Waals surface area contributed by atoms with Crippen molar-refractivity contribution in [3.05, 3.63) is 29.8 Å². The van der Waals surface area contributed by atoms with Gasteiger partial charge in [-0.1, -0.05) is 25.5 Å². The minimum absolute atomic E-state index is 0.425. The number of nitrogens with zero attached hydrogens (tertiary/aromatic N) is 1. The van der Waals surface area contributed by atoms with Gasteiger partial charge in [-0.15, -0.1) is 0 Å². The normalized spacial score (nSPS) is 24.4. The summed E-state index contributed by atoms with van der Waals surface area (Å²) >= 11 is 0. The Morgan fingerprint density at radius 2 is 1.75 bits per heavy atom. The average Bonchev–Trinajstić information content (AvgIpc) is 2.53. The molecule has 1 aromatic carbocycles. The third-order valence-corrected chi connectivity index (χ3v) is 5.17. The van der Waals surface area contributed by atoms with Gasteiger partial charge in [0.05, 0.1) is 0 Å². The lowest BCUT2D eigenvalue weighted by molar-refractivity contribution is 0.313. The standard InChI is InChI=1S/C18H30N2/c1-5-15-6-10-17(11-7-15)20(4)18-12-8-16(9-13-18)14(2)19-3/h8-9,12-15,17,19H,5-7,10-11H2,1-4H3. The van der Waals surface area contributed by atoms with Crippen molar-refractivity contribution in [2.24, 2.45) is 5.92 Å². The van der Waals surface area contributed by atoms with Crippen molar-refractivity contribution >= 4 is 5.69 Å². The smallest absolute Gasteiger partial charge is 0.0366 e. The highest BCUT2D eigenvalue weighted by Crippen LogP contribution is 2.31. The van der Waals surface area contributed by atoms with E-state index in [0.717, 1.165) is 12.0 Å². The number of hydrogen-bond donors (Lipinski definition) is 1. The lowest BCUT2D eigenvalue weighted by Crippen LogP contribution is -2.35. The van der Waals surface area contributed by atoms with Gasteiger partial charge >= 0.3 is 0 Å². The minimum Gasteiger partial charge on any atom is -0.372 e. The van der Waals surface area contributed by atoms with Crippen molar-refractivity contribution in [1.29, 1.82) is 0 Å². The molecule has 0 aliphatic heterocycles. The first-order valence-electron chi connectivity index (χ1n) is 8.15. The molecule has 2 nitrogen and oxygen atoms in total. The molecule has 20 heavy (non-hydrogen) atoms. The second kappa shape index (κ2) is 7.12. The summed E-state index contributed by atoms with van der Waals surface area (Å²) in [5.41, 5.74) is 2.72. The Labute approximate surface area is 124 Å². The zero-order valence-electron chi connectivity index (χ0n) is 13.5. The fourth-order valence-corrected chi connectivity index (χ4v) is 3.32. The molecular weight excluding hydrogens is 244 g/mol. The van der Waals surface area contributed by atoms with E-state index in [4.69, 9.17) is 0 Å². The highest BCUT2D eigenvalue weighted by Gasteiger charge is 2.23. The topological polar surface area (TPSA) is 15.3 Å². The number of benzene rings is 1. The molecule has 0 saturated heterocycles. The van der Waals surface area contributed by atoms with Crippen molar-refractivity contribution in [3.8, 4) is 0 Å². The summed E-state index contributed by atoms with van der Waals surface area (Å²) in [5, 5.41) is 3.29. The third kappa shape index (κ3) is 3.54. The van der Waals surface area contributed by atoms with Crippen molar-refractivity contribution < 1.29 is 0 Å². The third-order valence-electron chi connectivity index (χ3n) is 5.17. The van der Waals surface area contributed by atoms with Crippen molar-refractivity contribution in [2.75, 3.05) is 19.0 Å². The molecule has 0 aromatic heterocycles. The van der Waals surface area contributed by atoms with Crippen LogP contribution in [0.4, 0.5) is 5.69 Å². The van der Waals surface area contributed by atoms with Gasteiger partial charge in [0, 0.05) is 24.8 Å². The van der Waals surface area contributed by atoms with Crippen LogP contribution in [0.2, 0.25) is 0 Å². The summed E-state index contributed by atoms with van der Waals surface area (Å²) in [4.78, 5) is 2.49. The van der Waals surface area contributed by atoms with Gasteiger partial charge in [0.1, 0.15) is 0 Å². The maximum Gasteiger partial charge on any atom is 0.0366 e. The monoisotopic (exact) mass is 274 g/mol. The van der Waals surface area contributed by atoms with Crippen LogP contribution < -0.4 is 10.2 Å². The molecule has 1 N–H and O–H groups in total. The Morgan fingerprint density at radius 3 is 2.25 bits per heavy atom. The Morgan fingerprint density at radius 1 is 1.15 bits per heavy atom. The van der Waals surface area contributed by atoms with E-state index in [-0.39, 0.29) is 0 Å². The van der Waals surface area contributed by atoms with Crippen LogP contribution in [0, 0.1) is 5.92 Å². The van der Waals surface area contributed by atoms with Gasteiger partial charge in [0.2, 0.25) is 0 Å². The van der Waals surface area contributed by atoms with Gasteiger partial charge in [0.25, 0.3) is 0 Å². The maximum absolute atomic E-state index is 3.29. The molecular formula is C18H30N2. The molecule has 1 atom stereocenters. The highest BCUT2D eigenvalue weighted by molar-refractivity contribution is 5.48. The van der Waals surface area contributed by atoms with Gasteiger partial charge in [-0.05, 0) is 63.3 Å². The summed E-state index contributed by atoms with van der Waals surface area (Å²) in [6.45, 7) is 4.53. The summed E-state index contributed by atoms with van der Waals surface area (Å²) < 4.78 is 0. The Balaban J connectivity index is 1.97. The molecule has 0 spiro atoms. The Kier molecular flexibility index (Phi) is 5.47. The molecule has 1 aliphatic rings. The van der Waals surface area contributed by atoms with E-state index in [0.29, 0.717) is 6.04 Å². The number of rotatable bonds is 5. The maximum atomic E-state index is 3.29. The molecule has 0 heterocycles. The van der Waals surface area contributed by atoms with Crippen LogP contribution >= 0.6 is 0 Å². The Hall–Kier alpha value is -1.02. The van der Waals surface area contributed by atoms with E-state index in [1.54, 1.807) is 0 Å². The van der Waals surface area contributed by atoms with Gasteiger partial charge in [-0.3, -0.25) is 0 Å². The second-order valence-electron chi connectivity index (χ2n) is 6.30. The van der Waals surface area contributed by atoms with Gasteiger partial charge in [-0.2, -0.15) is 0 Å². The van der Waals surface area contributed by atoms with Gasteiger partial charge < -0.3 is 10.2 Å². The van der Waals surface area contributed by atoms with Crippen LogP contribution in [0.1, 0.15) is 57.6 Å². The first-order valence-corrected chi connectivity index (χ1v) is 8.15. The highest BCUT2D eigenvalue weighted by atomic mass is 15.1. The van der Waals surface area contributed by atoms with E-state index in [9.17, 15) is 0 Å². The summed E-state index contributed by atoms with van der Waals surface area (Å²) in [7, 11) is 4.27. The number of nitrogens with one attached hydrogen (secondary N) is 1. The zero-order valence-corrected chi connectivity index (χ0v) is 13.5. The first kappa shape index (κ1) is 15.4. The van der Waals surface area contributed by atoms with Crippen LogP contribution in [-0.2, 0) is 0 Å². The van der Waals surface area contributed by atoms with Crippen molar-refractivity contribution in [3.63, 3.8) is 0 Å². The van der Waals surface area contributed by atoms with Crippen LogP contribution in [-0.4, -0.2) is 20.1 Å². The van der Waals surface area contributed by atoms with Crippen LogP contribution in [0.15, 0.2) is 24.3 Å². The van der Waals surface area contributed by atoms with Crippen molar-refractivity contribution in [1.82, 2.24) is 5.32 Å². The molecule has 0 amide bonds. The molecule has 0 radical (unpaired) electrons. The average molecular weight is 274 g/mol. The Bertz CT molecular complexity index is 390. The van der Waals surface area contributed by atoms with E-state index >= 15 is 0 Å². The van der Waals surface area contributed by atoms with Crippen LogP contribution in [0.25, 0.3) is 0 Å². The first-order chi connectivity index (χ1) is 9.65. The minimum atomic E-state index is 0.425. The lowest BCUT2D eigenvalue weighted by Gasteiger charge is -2.36. The zero-order chi connectivity index (χ0) is 14.5. The molecule has 1 fully saturated rings. The number of anilines is 1. The molecule has 2 rings (SSSR count). The second-order valence-corrected chi connectivity index (χ2v) is 6.30. The number of hydrogen-bond acceptors (Lipinski definition) is 2. The summed E-state index contributed by atoms with van der Waals surface area (Å²) in [6, 6.07) is 10.2. The molecule has 1 saturated carbocycles. The molecule has 0 bridgehead atoms. The molecule has 112 valence electrons. The van der Waals surface area contributed by atoms with Gasteiger partial charge in [0.15, 0.2) is 0 Å². The molecule has 2 heteroatoms. The molecule has 1 aromatic rings. The predicted octanol–water partition coefficient (Wildman–Crippen LogP) is 4.37. The van der Waals surface area contributed by atoms with E-state index < -0.39 is 0 Å². The van der Waals surface area contributed by atoms with Crippen LogP contribution in [0.5, 0.6) is 0 Å². The van der Waals surface area contributed by atoms with Crippen LogP contribution in [0.3, 0.4) is 0 Å².